The van der Waals surface area contributed by atoms with Crippen molar-refractivity contribution in [2.24, 2.45) is 5.92 Å². The van der Waals surface area contributed by atoms with Crippen molar-refractivity contribution in [2.45, 2.75) is 25.8 Å². The minimum Gasteiger partial charge on any atom is -0.462 e. The lowest BCUT2D eigenvalue weighted by Gasteiger charge is -2.30. The van der Waals surface area contributed by atoms with Crippen molar-refractivity contribution in [3.05, 3.63) is 29.8 Å². The molecule has 1 amide bonds. The second-order valence-electron chi connectivity index (χ2n) is 6.30. The first-order chi connectivity index (χ1) is 10.2. The molecule has 2 fully saturated rings. The van der Waals surface area contributed by atoms with E-state index >= 15 is 0 Å². The maximum absolute atomic E-state index is 12.4. The number of hydrogen-bond acceptors (Lipinski definition) is 4. The summed E-state index contributed by atoms with van der Waals surface area (Å²) in [5, 5.41) is 4.10. The zero-order chi connectivity index (χ0) is 14.4. The van der Waals surface area contributed by atoms with E-state index in [1.54, 1.807) is 12.5 Å². The minimum atomic E-state index is -0.0787. The summed E-state index contributed by atoms with van der Waals surface area (Å²) in [4.78, 5) is 19.1. The SMILES string of the molecule is Cc1coc2cnc(C(=O)NC3CC4CCN(C4)C3)cc12. The topological polar surface area (TPSA) is 58.4 Å². The quantitative estimate of drug-likeness (QED) is 0.916. The van der Waals surface area contributed by atoms with E-state index in [-0.39, 0.29) is 11.9 Å². The summed E-state index contributed by atoms with van der Waals surface area (Å²) in [6.07, 6.45) is 5.69. The monoisotopic (exact) mass is 285 g/mol. The molecule has 2 bridgehead atoms. The van der Waals surface area contributed by atoms with Crippen LogP contribution in [0.25, 0.3) is 11.0 Å². The van der Waals surface area contributed by atoms with E-state index in [2.05, 4.69) is 15.2 Å². The van der Waals surface area contributed by atoms with Gasteiger partial charge in [-0.05, 0) is 43.9 Å². The van der Waals surface area contributed by atoms with Gasteiger partial charge in [0.25, 0.3) is 5.91 Å². The highest BCUT2D eigenvalue weighted by atomic mass is 16.3. The molecule has 3 atom stereocenters. The summed E-state index contributed by atoms with van der Waals surface area (Å²) in [6.45, 7) is 5.31. The maximum atomic E-state index is 12.4. The molecule has 1 N–H and O–H groups in total. The molecule has 5 nitrogen and oxygen atoms in total. The molecule has 0 aliphatic carbocycles. The average Bonchev–Trinajstić information content (AvgIpc) is 3.02. The van der Waals surface area contributed by atoms with Gasteiger partial charge < -0.3 is 14.6 Å². The molecule has 0 spiro atoms. The summed E-state index contributed by atoms with van der Waals surface area (Å²) in [7, 11) is 0. The van der Waals surface area contributed by atoms with E-state index in [4.69, 9.17) is 4.42 Å². The first-order valence-electron chi connectivity index (χ1n) is 7.56. The Kier molecular flexibility index (Phi) is 2.96. The summed E-state index contributed by atoms with van der Waals surface area (Å²) in [5.74, 6) is 0.667. The van der Waals surface area contributed by atoms with E-state index in [0.29, 0.717) is 5.69 Å². The van der Waals surface area contributed by atoms with Crippen molar-refractivity contribution < 1.29 is 9.21 Å². The van der Waals surface area contributed by atoms with Crippen LogP contribution in [0.2, 0.25) is 0 Å². The van der Waals surface area contributed by atoms with Gasteiger partial charge in [-0.3, -0.25) is 4.79 Å². The third-order valence-electron chi connectivity index (χ3n) is 4.69. The maximum Gasteiger partial charge on any atom is 0.270 e. The normalized spacial score (nSPS) is 28.0. The number of fused-ring (bicyclic) bond motifs is 3. The van der Waals surface area contributed by atoms with Crippen LogP contribution in [0.15, 0.2) is 22.9 Å². The Hall–Kier alpha value is -1.88. The highest BCUT2D eigenvalue weighted by Gasteiger charge is 2.33. The average molecular weight is 285 g/mol. The number of aryl methyl sites for hydroxylation is 1. The second-order valence-corrected chi connectivity index (χ2v) is 6.30. The number of nitrogens with one attached hydrogen (secondary N) is 1. The molecular formula is C16H19N3O2. The number of piperidine rings is 1. The Morgan fingerprint density at radius 1 is 1.48 bits per heavy atom. The van der Waals surface area contributed by atoms with Crippen LogP contribution in [0.4, 0.5) is 0 Å². The summed E-state index contributed by atoms with van der Waals surface area (Å²) in [5.41, 5.74) is 2.23. The van der Waals surface area contributed by atoms with Crippen LogP contribution >= 0.6 is 0 Å². The molecule has 0 saturated carbocycles. The number of carbonyl (C=O) groups excluding carboxylic acids is 1. The van der Waals surface area contributed by atoms with Crippen molar-refractivity contribution in [2.75, 3.05) is 19.6 Å². The standard InChI is InChI=1S/C16H19N3O2/c1-10-9-21-15-6-17-14(5-13(10)15)16(20)18-12-4-11-2-3-19(7-11)8-12/h5-6,9,11-12H,2-4,7-8H2,1H3,(H,18,20). The molecule has 5 heteroatoms. The van der Waals surface area contributed by atoms with Crippen LogP contribution in [-0.4, -0.2) is 41.5 Å². The van der Waals surface area contributed by atoms with Gasteiger partial charge in [-0.25, -0.2) is 4.98 Å². The van der Waals surface area contributed by atoms with Crippen LogP contribution in [0.1, 0.15) is 28.9 Å². The molecule has 2 aromatic rings. The van der Waals surface area contributed by atoms with Crippen LogP contribution in [0.3, 0.4) is 0 Å². The lowest BCUT2D eigenvalue weighted by molar-refractivity contribution is 0.0904. The Bertz CT molecular complexity index is 682. The molecule has 0 radical (unpaired) electrons. The van der Waals surface area contributed by atoms with Crippen molar-refractivity contribution >= 4 is 16.9 Å². The zero-order valence-electron chi connectivity index (χ0n) is 12.1. The van der Waals surface area contributed by atoms with Crippen LogP contribution < -0.4 is 5.32 Å². The summed E-state index contributed by atoms with van der Waals surface area (Å²) >= 11 is 0. The molecule has 21 heavy (non-hydrogen) atoms. The lowest BCUT2D eigenvalue weighted by Crippen LogP contribution is -2.47. The fraction of sp³-hybridized carbons (Fsp3) is 0.500. The van der Waals surface area contributed by atoms with Gasteiger partial charge in [0.1, 0.15) is 5.69 Å². The van der Waals surface area contributed by atoms with Gasteiger partial charge in [0.2, 0.25) is 0 Å². The molecular weight excluding hydrogens is 266 g/mol. The van der Waals surface area contributed by atoms with Crippen molar-refractivity contribution in [1.82, 2.24) is 15.2 Å². The minimum absolute atomic E-state index is 0.0787. The molecule has 2 saturated heterocycles. The zero-order valence-corrected chi connectivity index (χ0v) is 12.1. The number of rotatable bonds is 2. The fourth-order valence-corrected chi connectivity index (χ4v) is 3.61. The van der Waals surface area contributed by atoms with E-state index in [0.717, 1.165) is 35.4 Å². The molecule has 2 aromatic heterocycles. The first kappa shape index (κ1) is 12.8. The molecule has 2 aliphatic heterocycles. The molecule has 0 aromatic carbocycles. The summed E-state index contributed by atoms with van der Waals surface area (Å²) < 4.78 is 5.37. The number of aromatic nitrogens is 1. The third-order valence-corrected chi connectivity index (χ3v) is 4.69. The molecule has 110 valence electrons. The van der Waals surface area contributed by atoms with Gasteiger partial charge in [-0.1, -0.05) is 0 Å². The first-order valence-corrected chi connectivity index (χ1v) is 7.56. The number of hydrogen-bond donors (Lipinski definition) is 1. The largest absolute Gasteiger partial charge is 0.462 e. The van der Waals surface area contributed by atoms with E-state index < -0.39 is 0 Å². The van der Waals surface area contributed by atoms with Crippen LogP contribution in [0.5, 0.6) is 0 Å². The van der Waals surface area contributed by atoms with Gasteiger partial charge in [-0.15, -0.1) is 0 Å². The van der Waals surface area contributed by atoms with Crippen molar-refractivity contribution in [1.29, 1.82) is 0 Å². The smallest absolute Gasteiger partial charge is 0.270 e. The number of amides is 1. The van der Waals surface area contributed by atoms with Gasteiger partial charge in [0.05, 0.1) is 12.5 Å². The lowest BCUT2D eigenvalue weighted by atomic mass is 9.97. The predicted octanol–water partition coefficient (Wildman–Crippen LogP) is 1.96. The Morgan fingerprint density at radius 3 is 3.24 bits per heavy atom. The molecule has 3 unspecified atom stereocenters. The Morgan fingerprint density at radius 2 is 2.38 bits per heavy atom. The number of carbonyl (C=O) groups is 1. The van der Waals surface area contributed by atoms with Gasteiger partial charge in [0.15, 0.2) is 5.58 Å². The molecule has 4 rings (SSSR count). The highest BCUT2D eigenvalue weighted by Crippen LogP contribution is 2.27. The van der Waals surface area contributed by atoms with Crippen LogP contribution in [0, 0.1) is 12.8 Å². The van der Waals surface area contributed by atoms with Crippen molar-refractivity contribution in [3.8, 4) is 0 Å². The number of pyridine rings is 1. The predicted molar refractivity (Wildman–Crippen MR) is 79.2 cm³/mol. The third kappa shape index (κ3) is 2.31. The fourth-order valence-electron chi connectivity index (χ4n) is 3.61. The molecule has 2 aliphatic rings. The van der Waals surface area contributed by atoms with Gasteiger partial charge in [-0.2, -0.15) is 0 Å². The summed E-state index contributed by atoms with van der Waals surface area (Å²) in [6, 6.07) is 2.07. The van der Waals surface area contributed by atoms with E-state index in [1.807, 2.05) is 13.0 Å². The van der Waals surface area contributed by atoms with Gasteiger partial charge in [0, 0.05) is 24.5 Å². The molecule has 4 heterocycles. The van der Waals surface area contributed by atoms with Crippen LogP contribution in [-0.2, 0) is 0 Å². The highest BCUT2D eigenvalue weighted by molar-refractivity contribution is 5.96. The van der Waals surface area contributed by atoms with Crippen molar-refractivity contribution in [3.63, 3.8) is 0 Å². The van der Waals surface area contributed by atoms with Gasteiger partial charge >= 0.3 is 0 Å². The number of furan rings is 1. The Labute approximate surface area is 123 Å². The van der Waals surface area contributed by atoms with E-state index in [9.17, 15) is 4.79 Å². The Balaban J connectivity index is 1.52. The van der Waals surface area contributed by atoms with E-state index in [1.165, 1.54) is 19.5 Å². The number of nitrogens with zero attached hydrogens (tertiary/aromatic N) is 2. The second kappa shape index (κ2) is 4.84.